The summed E-state index contributed by atoms with van der Waals surface area (Å²) in [6.07, 6.45) is 5.99. The van der Waals surface area contributed by atoms with Gasteiger partial charge in [-0.25, -0.2) is 12.7 Å². The van der Waals surface area contributed by atoms with Gasteiger partial charge in [0.05, 0.1) is 5.75 Å². The Kier molecular flexibility index (Phi) is 9.15. The first-order valence-corrected chi connectivity index (χ1v) is 11.0. The highest BCUT2D eigenvalue weighted by molar-refractivity contribution is 7.89. The van der Waals surface area contributed by atoms with Crippen LogP contribution in [-0.4, -0.2) is 61.0 Å². The fourth-order valence-electron chi connectivity index (χ4n) is 3.85. The summed E-state index contributed by atoms with van der Waals surface area (Å²) in [4.78, 5) is 14.9. The molecule has 2 aliphatic heterocycles. The number of carbonyl (C=O) groups is 1. The van der Waals surface area contributed by atoms with Gasteiger partial charge in [0, 0.05) is 37.6 Å². The van der Waals surface area contributed by atoms with Gasteiger partial charge in [-0.3, -0.25) is 4.79 Å². The highest BCUT2D eigenvalue weighted by atomic mass is 35.5. The highest BCUT2D eigenvalue weighted by Crippen LogP contribution is 2.27. The topological polar surface area (TPSA) is 83.7 Å². The number of unbranched alkanes of at least 4 members (excludes halogenated alkanes) is 1. The van der Waals surface area contributed by atoms with Crippen LogP contribution in [-0.2, 0) is 14.8 Å². The summed E-state index contributed by atoms with van der Waals surface area (Å²) < 4.78 is 26.1. The number of hydrogen-bond donors (Lipinski definition) is 1. The largest absolute Gasteiger partial charge is 0.338 e. The van der Waals surface area contributed by atoms with E-state index >= 15 is 0 Å². The molecule has 2 saturated heterocycles. The van der Waals surface area contributed by atoms with Crippen LogP contribution in [0.5, 0.6) is 0 Å². The molecular formula is C17H34ClN3O3S. The minimum absolute atomic E-state index is 0. The molecule has 2 heterocycles. The Labute approximate surface area is 159 Å². The van der Waals surface area contributed by atoms with E-state index in [1.165, 1.54) is 0 Å². The van der Waals surface area contributed by atoms with E-state index in [1.54, 1.807) is 4.31 Å². The third-order valence-electron chi connectivity index (χ3n) is 5.39. The van der Waals surface area contributed by atoms with Gasteiger partial charge in [-0.15, -0.1) is 12.4 Å². The summed E-state index contributed by atoms with van der Waals surface area (Å²) in [6, 6.07) is 0.126. The number of halogens is 1. The van der Waals surface area contributed by atoms with Gasteiger partial charge in [-0.05, 0) is 45.4 Å². The molecule has 148 valence electrons. The summed E-state index contributed by atoms with van der Waals surface area (Å²) in [5.74, 6) is 0.352. The summed E-state index contributed by atoms with van der Waals surface area (Å²) in [5.41, 5.74) is 6.07. The maximum Gasteiger partial charge on any atom is 0.226 e. The van der Waals surface area contributed by atoms with Crippen molar-refractivity contribution >= 4 is 28.3 Å². The van der Waals surface area contributed by atoms with Crippen LogP contribution in [0.25, 0.3) is 0 Å². The average molecular weight is 396 g/mol. The third kappa shape index (κ3) is 5.81. The third-order valence-corrected chi connectivity index (χ3v) is 7.35. The van der Waals surface area contributed by atoms with Gasteiger partial charge in [-0.1, -0.05) is 13.3 Å². The first-order chi connectivity index (χ1) is 11.4. The lowest BCUT2D eigenvalue weighted by atomic mass is 9.91. The maximum absolute atomic E-state index is 12.9. The van der Waals surface area contributed by atoms with E-state index in [0.29, 0.717) is 32.4 Å². The van der Waals surface area contributed by atoms with Crippen molar-refractivity contribution in [3.63, 3.8) is 0 Å². The number of amides is 1. The molecule has 0 radical (unpaired) electrons. The number of likely N-dealkylation sites (tertiary alicyclic amines) is 1. The number of sulfonamides is 1. The fourth-order valence-corrected chi connectivity index (χ4v) is 5.53. The standard InChI is InChI=1S/C17H33N3O3S.ClH/c1-3-4-13-24(22,23)19-11-8-15(9-12-19)17(21)20-10-6-5-7-16(20)14(2)18;/h14-16H,3-13,18H2,1-2H3;1H. The van der Waals surface area contributed by atoms with E-state index in [-0.39, 0.29) is 42.1 Å². The molecule has 2 fully saturated rings. The molecule has 0 aromatic heterocycles. The quantitative estimate of drug-likeness (QED) is 0.745. The van der Waals surface area contributed by atoms with Crippen LogP contribution in [0.3, 0.4) is 0 Å². The molecule has 0 aliphatic carbocycles. The molecule has 8 heteroatoms. The summed E-state index contributed by atoms with van der Waals surface area (Å²) in [7, 11) is -3.16. The molecule has 0 aromatic rings. The lowest BCUT2D eigenvalue weighted by molar-refractivity contribution is -0.141. The summed E-state index contributed by atoms with van der Waals surface area (Å²) >= 11 is 0. The van der Waals surface area contributed by atoms with Crippen LogP contribution in [0.1, 0.15) is 58.8 Å². The maximum atomic E-state index is 12.9. The molecule has 0 spiro atoms. The summed E-state index contributed by atoms with van der Waals surface area (Å²) in [5, 5.41) is 0. The van der Waals surface area contributed by atoms with E-state index in [9.17, 15) is 13.2 Å². The molecule has 0 saturated carbocycles. The van der Waals surface area contributed by atoms with Gasteiger partial charge in [-0.2, -0.15) is 0 Å². The second kappa shape index (κ2) is 10.1. The average Bonchev–Trinajstić information content (AvgIpc) is 2.59. The first kappa shape index (κ1) is 22.7. The molecule has 0 aromatic carbocycles. The van der Waals surface area contributed by atoms with Crippen LogP contribution >= 0.6 is 12.4 Å². The Bertz CT molecular complexity index is 519. The minimum Gasteiger partial charge on any atom is -0.338 e. The Morgan fingerprint density at radius 1 is 1.16 bits per heavy atom. The van der Waals surface area contributed by atoms with Crippen LogP contribution in [0.2, 0.25) is 0 Å². The number of rotatable bonds is 6. The Morgan fingerprint density at radius 3 is 2.36 bits per heavy atom. The number of piperidine rings is 2. The van der Waals surface area contributed by atoms with Gasteiger partial charge in [0.25, 0.3) is 0 Å². The molecule has 2 atom stereocenters. The van der Waals surface area contributed by atoms with Crippen LogP contribution in [0.15, 0.2) is 0 Å². The summed E-state index contributed by atoms with van der Waals surface area (Å²) in [6.45, 7) is 5.70. The molecule has 2 N–H and O–H groups in total. The van der Waals surface area contributed by atoms with Crippen molar-refractivity contribution in [2.24, 2.45) is 11.7 Å². The second-order valence-electron chi connectivity index (χ2n) is 7.30. The normalized spacial score (nSPS) is 24.6. The van der Waals surface area contributed by atoms with Crippen molar-refractivity contribution in [1.82, 2.24) is 9.21 Å². The van der Waals surface area contributed by atoms with Crippen LogP contribution < -0.4 is 5.73 Å². The fraction of sp³-hybridized carbons (Fsp3) is 0.941. The highest BCUT2D eigenvalue weighted by Gasteiger charge is 2.36. The monoisotopic (exact) mass is 395 g/mol. The molecule has 2 rings (SSSR count). The Hall–Kier alpha value is -0.370. The van der Waals surface area contributed by atoms with Crippen molar-refractivity contribution in [1.29, 1.82) is 0 Å². The van der Waals surface area contributed by atoms with Crippen molar-refractivity contribution in [3.05, 3.63) is 0 Å². The molecule has 2 aliphatic rings. The first-order valence-electron chi connectivity index (χ1n) is 9.40. The van der Waals surface area contributed by atoms with Gasteiger partial charge < -0.3 is 10.6 Å². The van der Waals surface area contributed by atoms with E-state index in [0.717, 1.165) is 32.2 Å². The molecule has 25 heavy (non-hydrogen) atoms. The number of nitrogens with two attached hydrogens (primary N) is 1. The minimum atomic E-state index is -3.16. The number of carbonyl (C=O) groups excluding carboxylic acids is 1. The Balaban J connectivity index is 0.00000312. The predicted octanol–water partition coefficient (Wildman–Crippen LogP) is 1.98. The van der Waals surface area contributed by atoms with E-state index < -0.39 is 10.0 Å². The van der Waals surface area contributed by atoms with Gasteiger partial charge >= 0.3 is 0 Å². The van der Waals surface area contributed by atoms with E-state index in [2.05, 4.69) is 0 Å². The van der Waals surface area contributed by atoms with E-state index in [4.69, 9.17) is 5.73 Å². The molecule has 2 unspecified atom stereocenters. The lowest BCUT2D eigenvalue weighted by Gasteiger charge is -2.41. The van der Waals surface area contributed by atoms with Crippen molar-refractivity contribution in [3.8, 4) is 0 Å². The van der Waals surface area contributed by atoms with Crippen molar-refractivity contribution in [2.75, 3.05) is 25.4 Å². The number of hydrogen-bond acceptors (Lipinski definition) is 4. The van der Waals surface area contributed by atoms with Gasteiger partial charge in [0.15, 0.2) is 0 Å². The second-order valence-corrected chi connectivity index (χ2v) is 9.39. The van der Waals surface area contributed by atoms with Crippen LogP contribution in [0, 0.1) is 5.92 Å². The van der Waals surface area contributed by atoms with E-state index in [1.807, 2.05) is 18.7 Å². The zero-order valence-electron chi connectivity index (χ0n) is 15.5. The molecule has 6 nitrogen and oxygen atoms in total. The predicted molar refractivity (Wildman–Crippen MR) is 103 cm³/mol. The van der Waals surface area contributed by atoms with Crippen molar-refractivity contribution in [2.45, 2.75) is 70.9 Å². The smallest absolute Gasteiger partial charge is 0.226 e. The number of nitrogens with zero attached hydrogens (tertiary/aromatic N) is 2. The van der Waals surface area contributed by atoms with Crippen molar-refractivity contribution < 1.29 is 13.2 Å². The molecule has 0 bridgehead atoms. The van der Waals surface area contributed by atoms with Crippen LogP contribution in [0.4, 0.5) is 0 Å². The Morgan fingerprint density at radius 2 is 1.80 bits per heavy atom. The SMILES string of the molecule is CCCCS(=O)(=O)N1CCC(C(=O)N2CCCCC2C(C)N)CC1.Cl. The van der Waals surface area contributed by atoms with Gasteiger partial charge in [0.1, 0.15) is 0 Å². The molecular weight excluding hydrogens is 362 g/mol. The lowest BCUT2D eigenvalue weighted by Crippen LogP contribution is -2.54. The van der Waals surface area contributed by atoms with Gasteiger partial charge in [0.2, 0.25) is 15.9 Å². The zero-order chi connectivity index (χ0) is 17.7. The zero-order valence-corrected chi connectivity index (χ0v) is 17.2. The molecule has 1 amide bonds.